The number of esters is 1. The molecule has 3 fully saturated rings. The first-order chi connectivity index (χ1) is 13.8. The highest BCUT2D eigenvalue weighted by Gasteiger charge is 2.62. The Kier molecular flexibility index (Phi) is 5.36. The minimum absolute atomic E-state index is 0.234. The van der Waals surface area contributed by atoms with E-state index in [1.165, 1.54) is 0 Å². The van der Waals surface area contributed by atoms with Crippen molar-refractivity contribution >= 4 is 39.5 Å². The molecule has 3 aliphatic rings. The highest BCUT2D eigenvalue weighted by Crippen LogP contribution is 2.56. The van der Waals surface area contributed by atoms with Gasteiger partial charge in [-0.05, 0) is 49.1 Å². The number of nitrogens with zero attached hydrogens (tertiary/aromatic N) is 1. The van der Waals surface area contributed by atoms with Crippen LogP contribution in [-0.2, 0) is 19.1 Å². The fourth-order valence-corrected chi connectivity index (χ4v) is 5.59. The molecule has 0 radical (unpaired) electrons. The van der Waals surface area contributed by atoms with E-state index in [1.54, 1.807) is 38.1 Å². The van der Waals surface area contributed by atoms with E-state index in [9.17, 15) is 19.2 Å². The maximum atomic E-state index is 13.1. The van der Waals surface area contributed by atoms with Gasteiger partial charge in [-0.25, -0.2) is 4.79 Å². The summed E-state index contributed by atoms with van der Waals surface area (Å²) in [7, 11) is 0. The molecule has 7 heteroatoms. The highest BCUT2D eigenvalue weighted by atomic mass is 79.9. The highest BCUT2D eigenvalue weighted by molar-refractivity contribution is 9.10. The molecule has 0 N–H and O–H groups in total. The van der Waals surface area contributed by atoms with Crippen molar-refractivity contribution < 1.29 is 23.9 Å². The molecule has 1 heterocycles. The molecule has 2 aliphatic carbocycles. The monoisotopic (exact) mass is 461 g/mol. The van der Waals surface area contributed by atoms with E-state index in [0.29, 0.717) is 5.56 Å². The number of carbonyl (C=O) groups is 4. The lowest BCUT2D eigenvalue weighted by atomic mass is 9.81. The van der Waals surface area contributed by atoms with Gasteiger partial charge in [0, 0.05) is 10.0 Å². The number of likely N-dealkylation sites (tertiary alicyclic amines) is 1. The summed E-state index contributed by atoms with van der Waals surface area (Å²) in [5.41, 5.74) is 0.432. The molecule has 1 aliphatic heterocycles. The van der Waals surface area contributed by atoms with Crippen LogP contribution >= 0.6 is 15.9 Å². The second-order valence-corrected chi connectivity index (χ2v) is 9.57. The fourth-order valence-electron chi connectivity index (χ4n) is 5.32. The van der Waals surface area contributed by atoms with Crippen molar-refractivity contribution in [2.24, 2.45) is 29.6 Å². The molecular formula is C22H24BrNO5. The molecular weight excluding hydrogens is 438 g/mol. The smallest absolute Gasteiger partial charge is 0.330 e. The quantitative estimate of drug-likeness (QED) is 0.369. The summed E-state index contributed by atoms with van der Waals surface area (Å²) in [6.07, 6.45) is 2.91. The van der Waals surface area contributed by atoms with E-state index in [2.05, 4.69) is 15.9 Å². The van der Waals surface area contributed by atoms with Gasteiger partial charge in [-0.3, -0.25) is 19.3 Å². The number of carbonyl (C=O) groups excluding carboxylic acids is 4. The lowest BCUT2D eigenvalue weighted by Gasteiger charge is -2.28. The number of fused-ring (bicyclic) bond motifs is 5. The number of amides is 2. The maximum absolute atomic E-state index is 13.1. The van der Waals surface area contributed by atoms with E-state index >= 15 is 0 Å². The standard InChI is InChI=1S/C22H24BrNO5/c1-11(2)19(22(28)29-10-16(25)12-5-7-15(23)8-6-12)24-20(26)17-13-3-4-14(9-13)18(17)21(24)27/h5-8,11,13-14,17-19H,3-4,9-10H2,1-2H3/t13-,14-,17-,18+,19-/m0/s1. The molecule has 5 atom stereocenters. The zero-order valence-electron chi connectivity index (χ0n) is 16.5. The Labute approximate surface area is 178 Å². The van der Waals surface area contributed by atoms with Crippen LogP contribution in [-0.4, -0.2) is 41.1 Å². The normalized spacial score (nSPS) is 28.8. The number of benzene rings is 1. The third-order valence-electron chi connectivity index (χ3n) is 6.62. The number of ketones is 1. The zero-order chi connectivity index (χ0) is 20.9. The number of ether oxygens (including phenoxy) is 1. The van der Waals surface area contributed by atoms with Crippen LogP contribution in [0.15, 0.2) is 28.7 Å². The van der Waals surface area contributed by atoms with Gasteiger partial charge in [-0.1, -0.05) is 41.9 Å². The van der Waals surface area contributed by atoms with Crippen molar-refractivity contribution in [3.63, 3.8) is 0 Å². The van der Waals surface area contributed by atoms with E-state index in [0.717, 1.165) is 28.6 Å². The molecule has 0 unspecified atom stereocenters. The Balaban J connectivity index is 1.47. The summed E-state index contributed by atoms with van der Waals surface area (Å²) in [6.45, 7) is 3.15. The second kappa shape index (κ2) is 7.67. The Morgan fingerprint density at radius 1 is 1.07 bits per heavy atom. The molecule has 154 valence electrons. The average molecular weight is 462 g/mol. The molecule has 1 saturated heterocycles. The minimum atomic E-state index is -0.988. The number of hydrogen-bond acceptors (Lipinski definition) is 5. The molecule has 0 spiro atoms. The number of imide groups is 1. The molecule has 1 aromatic rings. The Bertz CT molecular complexity index is 836. The SMILES string of the molecule is CC(C)[C@@H](C(=O)OCC(=O)c1ccc(Br)cc1)N1C(=O)[C@@H]2[C@H]3CC[C@@H](C3)[C@@H]2C1=O. The van der Waals surface area contributed by atoms with Gasteiger partial charge in [-0.15, -0.1) is 0 Å². The van der Waals surface area contributed by atoms with E-state index in [-0.39, 0.29) is 47.2 Å². The predicted octanol–water partition coefficient (Wildman–Crippen LogP) is 3.23. The predicted molar refractivity (Wildman–Crippen MR) is 108 cm³/mol. The Morgan fingerprint density at radius 3 is 2.14 bits per heavy atom. The molecule has 2 amide bonds. The van der Waals surface area contributed by atoms with Gasteiger partial charge in [0.15, 0.2) is 12.4 Å². The lowest BCUT2D eigenvalue weighted by Crippen LogP contribution is -2.50. The Hall–Kier alpha value is -2.02. The summed E-state index contributed by atoms with van der Waals surface area (Å²) in [4.78, 5) is 52.4. The van der Waals surface area contributed by atoms with E-state index in [4.69, 9.17) is 4.74 Å². The average Bonchev–Trinajstić information content (AvgIpc) is 3.36. The van der Waals surface area contributed by atoms with Gasteiger partial charge in [0.05, 0.1) is 11.8 Å². The van der Waals surface area contributed by atoms with E-state index < -0.39 is 18.6 Å². The summed E-state index contributed by atoms with van der Waals surface area (Å²) < 4.78 is 6.11. The van der Waals surface area contributed by atoms with E-state index in [1.807, 2.05) is 0 Å². The molecule has 2 bridgehead atoms. The first-order valence-electron chi connectivity index (χ1n) is 10.1. The van der Waals surface area contributed by atoms with Crippen molar-refractivity contribution in [3.05, 3.63) is 34.3 Å². The second-order valence-electron chi connectivity index (χ2n) is 8.66. The summed E-state index contributed by atoms with van der Waals surface area (Å²) in [6, 6.07) is 5.77. The first kappa shape index (κ1) is 20.3. The largest absolute Gasteiger partial charge is 0.456 e. The molecule has 29 heavy (non-hydrogen) atoms. The number of Topliss-reactive ketones (excluding diaryl/α,β-unsaturated/α-hetero) is 1. The summed E-state index contributed by atoms with van der Waals surface area (Å²) in [5.74, 6) is -1.83. The van der Waals surface area contributed by atoms with Crippen LogP contribution in [0.25, 0.3) is 0 Å². The van der Waals surface area contributed by atoms with Crippen molar-refractivity contribution in [2.75, 3.05) is 6.61 Å². The Morgan fingerprint density at radius 2 is 1.62 bits per heavy atom. The first-order valence-corrected chi connectivity index (χ1v) is 10.9. The lowest BCUT2D eigenvalue weighted by molar-refractivity contribution is -0.160. The minimum Gasteiger partial charge on any atom is -0.456 e. The van der Waals surface area contributed by atoms with Crippen molar-refractivity contribution in [1.29, 1.82) is 0 Å². The number of rotatable bonds is 6. The molecule has 6 nitrogen and oxygen atoms in total. The van der Waals surface area contributed by atoms with Gasteiger partial charge in [0.25, 0.3) is 0 Å². The fraction of sp³-hybridized carbons (Fsp3) is 0.545. The third-order valence-corrected chi connectivity index (χ3v) is 7.15. The third kappa shape index (κ3) is 3.43. The molecule has 0 aromatic heterocycles. The van der Waals surface area contributed by atoms with Crippen molar-refractivity contribution in [1.82, 2.24) is 4.90 Å². The van der Waals surface area contributed by atoms with Crippen molar-refractivity contribution in [3.8, 4) is 0 Å². The van der Waals surface area contributed by atoms with Crippen LogP contribution < -0.4 is 0 Å². The number of halogens is 1. The van der Waals surface area contributed by atoms with Crippen LogP contribution in [0.3, 0.4) is 0 Å². The summed E-state index contributed by atoms with van der Waals surface area (Å²) in [5, 5.41) is 0. The van der Waals surface area contributed by atoms with Gasteiger partial charge in [0.1, 0.15) is 6.04 Å². The van der Waals surface area contributed by atoms with Gasteiger partial charge < -0.3 is 4.74 Å². The maximum Gasteiger partial charge on any atom is 0.330 e. The topological polar surface area (TPSA) is 80.8 Å². The van der Waals surface area contributed by atoms with Gasteiger partial charge in [-0.2, -0.15) is 0 Å². The van der Waals surface area contributed by atoms with Gasteiger partial charge in [0.2, 0.25) is 11.8 Å². The summed E-state index contributed by atoms with van der Waals surface area (Å²) >= 11 is 3.31. The van der Waals surface area contributed by atoms with Crippen LogP contribution in [0.2, 0.25) is 0 Å². The van der Waals surface area contributed by atoms with Crippen LogP contribution in [0.4, 0.5) is 0 Å². The number of hydrogen-bond donors (Lipinski definition) is 0. The van der Waals surface area contributed by atoms with Crippen LogP contribution in [0, 0.1) is 29.6 Å². The molecule has 4 rings (SSSR count). The molecule has 1 aromatic carbocycles. The zero-order valence-corrected chi connectivity index (χ0v) is 18.1. The molecule has 2 saturated carbocycles. The van der Waals surface area contributed by atoms with Crippen LogP contribution in [0.5, 0.6) is 0 Å². The van der Waals surface area contributed by atoms with Gasteiger partial charge >= 0.3 is 5.97 Å². The van der Waals surface area contributed by atoms with Crippen LogP contribution in [0.1, 0.15) is 43.5 Å². The van der Waals surface area contributed by atoms with Crippen molar-refractivity contribution in [2.45, 2.75) is 39.2 Å².